The highest BCUT2D eigenvalue weighted by molar-refractivity contribution is 5.77. The lowest BCUT2D eigenvalue weighted by Gasteiger charge is -2.23. The van der Waals surface area contributed by atoms with Crippen LogP contribution >= 0.6 is 0 Å². The molecule has 1 saturated carbocycles. The van der Waals surface area contributed by atoms with Crippen molar-refractivity contribution >= 4 is 5.91 Å². The summed E-state index contributed by atoms with van der Waals surface area (Å²) in [5.74, 6) is 2.29. The quantitative estimate of drug-likeness (QED) is 0.878. The molecule has 126 valence electrons. The molecule has 3 rings (SSSR count). The van der Waals surface area contributed by atoms with Gasteiger partial charge in [0.25, 0.3) is 5.91 Å². The van der Waals surface area contributed by atoms with Gasteiger partial charge in [0.05, 0.1) is 0 Å². The van der Waals surface area contributed by atoms with Crippen molar-refractivity contribution in [1.29, 1.82) is 0 Å². The third-order valence-electron chi connectivity index (χ3n) is 5.12. The molecule has 4 nitrogen and oxygen atoms in total. The highest BCUT2D eigenvalue weighted by Gasteiger charge is 2.22. The van der Waals surface area contributed by atoms with Gasteiger partial charge in [0.15, 0.2) is 6.61 Å². The van der Waals surface area contributed by atoms with E-state index in [1.807, 2.05) is 12.1 Å². The van der Waals surface area contributed by atoms with E-state index in [1.54, 1.807) is 0 Å². The lowest BCUT2D eigenvalue weighted by Crippen LogP contribution is -2.44. The highest BCUT2D eigenvalue weighted by Crippen LogP contribution is 2.38. The van der Waals surface area contributed by atoms with Crippen LogP contribution < -0.4 is 15.4 Å². The van der Waals surface area contributed by atoms with E-state index in [-0.39, 0.29) is 12.5 Å². The van der Waals surface area contributed by atoms with Crippen molar-refractivity contribution < 1.29 is 9.53 Å². The summed E-state index contributed by atoms with van der Waals surface area (Å²) in [7, 11) is 0. The Hall–Kier alpha value is -1.55. The molecule has 2 aliphatic rings. The summed E-state index contributed by atoms with van der Waals surface area (Å²) in [5, 5.41) is 6.34. The summed E-state index contributed by atoms with van der Waals surface area (Å²) in [5.41, 5.74) is 1.40. The van der Waals surface area contributed by atoms with E-state index < -0.39 is 0 Å². The predicted molar refractivity (Wildman–Crippen MR) is 91.7 cm³/mol. The Morgan fingerprint density at radius 2 is 1.91 bits per heavy atom. The lowest BCUT2D eigenvalue weighted by atomic mass is 9.97. The van der Waals surface area contributed by atoms with Gasteiger partial charge in [-0.3, -0.25) is 4.79 Å². The molecule has 1 saturated heterocycles. The van der Waals surface area contributed by atoms with Crippen LogP contribution in [0.5, 0.6) is 5.75 Å². The number of ether oxygens (including phenoxy) is 1. The normalized spacial score (nSPS) is 25.3. The summed E-state index contributed by atoms with van der Waals surface area (Å²) in [6, 6.07) is 8.59. The highest BCUT2D eigenvalue weighted by atomic mass is 16.5. The molecule has 2 atom stereocenters. The fourth-order valence-electron chi connectivity index (χ4n) is 3.73. The van der Waals surface area contributed by atoms with E-state index in [1.165, 1.54) is 24.8 Å². The van der Waals surface area contributed by atoms with Crippen molar-refractivity contribution in [2.45, 2.75) is 51.0 Å². The van der Waals surface area contributed by atoms with Crippen molar-refractivity contribution in [2.75, 3.05) is 19.7 Å². The number of benzene rings is 1. The van der Waals surface area contributed by atoms with Crippen LogP contribution in [0.1, 0.15) is 50.5 Å². The van der Waals surface area contributed by atoms with Gasteiger partial charge in [0.2, 0.25) is 0 Å². The first kappa shape index (κ1) is 16.3. The van der Waals surface area contributed by atoms with E-state index in [9.17, 15) is 4.79 Å². The number of amides is 1. The second kappa shape index (κ2) is 7.82. The zero-order chi connectivity index (χ0) is 16.1. The van der Waals surface area contributed by atoms with Crippen molar-refractivity contribution in [1.82, 2.24) is 10.6 Å². The molecule has 1 aliphatic carbocycles. The van der Waals surface area contributed by atoms with Gasteiger partial charge >= 0.3 is 0 Å². The maximum atomic E-state index is 11.9. The van der Waals surface area contributed by atoms with Crippen LogP contribution in [0.15, 0.2) is 24.3 Å². The minimum absolute atomic E-state index is 0.0226. The summed E-state index contributed by atoms with van der Waals surface area (Å²) < 4.78 is 5.62. The maximum Gasteiger partial charge on any atom is 0.258 e. The van der Waals surface area contributed by atoms with Gasteiger partial charge in [0.1, 0.15) is 5.75 Å². The zero-order valence-corrected chi connectivity index (χ0v) is 14.0. The largest absolute Gasteiger partial charge is 0.484 e. The molecule has 1 aromatic carbocycles. The second-order valence-electron chi connectivity index (χ2n) is 7.06. The molecule has 1 heterocycles. The Balaban J connectivity index is 1.43. The van der Waals surface area contributed by atoms with Crippen LogP contribution in [0.3, 0.4) is 0 Å². The molecule has 1 aliphatic heterocycles. The van der Waals surface area contributed by atoms with Gasteiger partial charge in [-0.15, -0.1) is 0 Å². The second-order valence-corrected chi connectivity index (χ2v) is 7.06. The first-order chi connectivity index (χ1) is 11.2. The third-order valence-corrected chi connectivity index (χ3v) is 5.12. The molecule has 0 bridgehead atoms. The molecule has 0 spiro atoms. The average Bonchev–Trinajstić information content (AvgIpc) is 3.01. The summed E-state index contributed by atoms with van der Waals surface area (Å²) >= 11 is 0. The average molecular weight is 316 g/mol. The van der Waals surface area contributed by atoms with Gasteiger partial charge < -0.3 is 15.4 Å². The van der Waals surface area contributed by atoms with Gasteiger partial charge in [0, 0.05) is 6.04 Å². The van der Waals surface area contributed by atoms with Crippen LogP contribution in [0.2, 0.25) is 0 Å². The Morgan fingerprint density at radius 1 is 1.17 bits per heavy atom. The molecule has 4 heteroatoms. The van der Waals surface area contributed by atoms with E-state index in [4.69, 9.17) is 4.74 Å². The van der Waals surface area contributed by atoms with E-state index >= 15 is 0 Å². The van der Waals surface area contributed by atoms with Crippen molar-refractivity contribution in [3.8, 4) is 5.75 Å². The monoisotopic (exact) mass is 316 g/mol. The molecule has 0 radical (unpaired) electrons. The van der Waals surface area contributed by atoms with Gasteiger partial charge in [-0.05, 0) is 68.3 Å². The Labute approximate surface area is 139 Å². The first-order valence-electron chi connectivity index (χ1n) is 8.93. The number of hydrogen-bond donors (Lipinski definition) is 2. The topological polar surface area (TPSA) is 50.4 Å². The molecule has 0 aromatic heterocycles. The van der Waals surface area contributed by atoms with Crippen LogP contribution in [0, 0.1) is 5.92 Å². The lowest BCUT2D eigenvalue weighted by molar-refractivity contribution is -0.123. The molecule has 2 N–H and O–H groups in total. The smallest absolute Gasteiger partial charge is 0.258 e. The minimum atomic E-state index is -0.0226. The van der Waals surface area contributed by atoms with Crippen molar-refractivity contribution in [3.63, 3.8) is 0 Å². The SMILES string of the molecule is C[C@H]1CC[C@@H](c2ccc(OCC(=O)NC3CCNCC3)cc2)C1. The number of nitrogens with one attached hydrogen (secondary N) is 2. The number of piperidine rings is 1. The fraction of sp³-hybridized carbons (Fsp3) is 0.632. The fourth-order valence-corrected chi connectivity index (χ4v) is 3.73. The molecule has 2 fully saturated rings. The van der Waals surface area contributed by atoms with Crippen LogP contribution in [-0.2, 0) is 4.79 Å². The van der Waals surface area contributed by atoms with Crippen molar-refractivity contribution in [2.24, 2.45) is 5.92 Å². The first-order valence-corrected chi connectivity index (χ1v) is 8.93. The molecule has 0 unspecified atom stereocenters. The molecular weight excluding hydrogens is 288 g/mol. The molecule has 1 amide bonds. The van der Waals surface area contributed by atoms with Crippen LogP contribution in [-0.4, -0.2) is 31.6 Å². The van der Waals surface area contributed by atoms with E-state index in [0.717, 1.165) is 37.6 Å². The predicted octanol–water partition coefficient (Wildman–Crippen LogP) is 2.84. The standard InChI is InChI=1S/C19H28N2O2/c1-14-2-3-16(12-14)15-4-6-18(7-5-15)23-13-19(22)21-17-8-10-20-11-9-17/h4-7,14,16-17,20H,2-3,8-13H2,1H3,(H,21,22)/t14-,16+/m0/s1. The Morgan fingerprint density at radius 3 is 2.57 bits per heavy atom. The van der Waals surface area contributed by atoms with E-state index in [0.29, 0.717) is 12.0 Å². The molecule has 23 heavy (non-hydrogen) atoms. The van der Waals surface area contributed by atoms with Gasteiger partial charge in [-0.25, -0.2) is 0 Å². The summed E-state index contributed by atoms with van der Waals surface area (Å²) in [6.45, 7) is 4.39. The van der Waals surface area contributed by atoms with Gasteiger partial charge in [-0.1, -0.05) is 25.5 Å². The van der Waals surface area contributed by atoms with E-state index in [2.05, 4.69) is 29.7 Å². The van der Waals surface area contributed by atoms with Crippen LogP contribution in [0.4, 0.5) is 0 Å². The number of carbonyl (C=O) groups excluding carboxylic acids is 1. The van der Waals surface area contributed by atoms with Gasteiger partial charge in [-0.2, -0.15) is 0 Å². The number of rotatable bonds is 5. The van der Waals surface area contributed by atoms with Crippen molar-refractivity contribution in [3.05, 3.63) is 29.8 Å². The zero-order valence-electron chi connectivity index (χ0n) is 14.0. The Kier molecular flexibility index (Phi) is 5.55. The Bertz CT molecular complexity index is 509. The maximum absolute atomic E-state index is 11.9. The summed E-state index contributed by atoms with van der Waals surface area (Å²) in [6.07, 6.45) is 5.92. The minimum Gasteiger partial charge on any atom is -0.484 e. The number of carbonyl (C=O) groups is 1. The third kappa shape index (κ3) is 4.71. The van der Waals surface area contributed by atoms with Crippen LogP contribution in [0.25, 0.3) is 0 Å². The molecular formula is C19H28N2O2. The molecule has 1 aromatic rings. The number of hydrogen-bond acceptors (Lipinski definition) is 3. The summed E-state index contributed by atoms with van der Waals surface area (Å²) in [4.78, 5) is 11.9.